The molecule has 1 N–H and O–H groups in total. The van der Waals surface area contributed by atoms with Crippen molar-refractivity contribution in [2.75, 3.05) is 7.05 Å². The van der Waals surface area contributed by atoms with Gasteiger partial charge < -0.3 is 5.32 Å². The van der Waals surface area contributed by atoms with Gasteiger partial charge in [0.1, 0.15) is 0 Å². The number of rotatable bonds is 2. The Morgan fingerprint density at radius 3 is 3.00 bits per heavy atom. The van der Waals surface area contributed by atoms with Crippen molar-refractivity contribution in [2.24, 2.45) is 0 Å². The molecule has 1 aromatic heterocycles. The van der Waals surface area contributed by atoms with Crippen LogP contribution in [-0.4, -0.2) is 16.8 Å². The van der Waals surface area contributed by atoms with Gasteiger partial charge in [-0.1, -0.05) is 0 Å². The third kappa shape index (κ3) is 1.46. The van der Waals surface area contributed by atoms with E-state index in [-0.39, 0.29) is 0 Å². The molecule has 1 atom stereocenters. The van der Waals surface area contributed by atoms with Crippen molar-refractivity contribution < 1.29 is 0 Å². The molecule has 1 aromatic rings. The SMILES string of the molecule is CNC1CCCc2c1cnn2C(C)C. The van der Waals surface area contributed by atoms with Gasteiger partial charge in [-0.05, 0) is 40.2 Å². The number of nitrogens with one attached hydrogen (secondary N) is 1. The topological polar surface area (TPSA) is 29.9 Å². The molecule has 2 rings (SSSR count). The zero-order valence-corrected chi connectivity index (χ0v) is 9.25. The van der Waals surface area contributed by atoms with Gasteiger partial charge in [0.2, 0.25) is 0 Å². The van der Waals surface area contributed by atoms with Crippen LogP contribution in [0.1, 0.15) is 50.0 Å². The van der Waals surface area contributed by atoms with Gasteiger partial charge in [-0.25, -0.2) is 0 Å². The van der Waals surface area contributed by atoms with Gasteiger partial charge in [-0.15, -0.1) is 0 Å². The van der Waals surface area contributed by atoms with Crippen molar-refractivity contribution >= 4 is 0 Å². The molecule has 0 bridgehead atoms. The Balaban J connectivity index is 2.37. The van der Waals surface area contributed by atoms with E-state index >= 15 is 0 Å². The minimum atomic E-state index is 0.481. The first kappa shape index (κ1) is 9.71. The van der Waals surface area contributed by atoms with E-state index in [0.29, 0.717) is 12.1 Å². The van der Waals surface area contributed by atoms with Crippen molar-refractivity contribution in [1.82, 2.24) is 15.1 Å². The van der Waals surface area contributed by atoms with Gasteiger partial charge in [0.05, 0.1) is 6.20 Å². The van der Waals surface area contributed by atoms with Crippen LogP contribution in [0.2, 0.25) is 0 Å². The minimum absolute atomic E-state index is 0.481. The summed E-state index contributed by atoms with van der Waals surface area (Å²) in [6.45, 7) is 4.38. The average Bonchev–Trinajstić information content (AvgIpc) is 2.60. The van der Waals surface area contributed by atoms with Gasteiger partial charge in [0.25, 0.3) is 0 Å². The maximum absolute atomic E-state index is 4.47. The van der Waals surface area contributed by atoms with E-state index in [9.17, 15) is 0 Å². The second kappa shape index (κ2) is 3.73. The lowest BCUT2D eigenvalue weighted by atomic mass is 9.93. The van der Waals surface area contributed by atoms with Crippen molar-refractivity contribution in [2.45, 2.75) is 45.2 Å². The Hall–Kier alpha value is -0.830. The quantitative estimate of drug-likeness (QED) is 0.779. The summed E-state index contributed by atoms with van der Waals surface area (Å²) in [5.74, 6) is 0. The van der Waals surface area contributed by atoms with Crippen LogP contribution in [0.5, 0.6) is 0 Å². The first-order chi connectivity index (χ1) is 6.74. The molecule has 0 amide bonds. The largest absolute Gasteiger partial charge is 0.313 e. The van der Waals surface area contributed by atoms with Gasteiger partial charge >= 0.3 is 0 Å². The monoisotopic (exact) mass is 193 g/mol. The third-order valence-corrected chi connectivity index (χ3v) is 3.05. The molecule has 78 valence electrons. The lowest BCUT2D eigenvalue weighted by Gasteiger charge is -2.23. The third-order valence-electron chi connectivity index (χ3n) is 3.05. The Morgan fingerprint density at radius 2 is 2.36 bits per heavy atom. The number of hydrogen-bond donors (Lipinski definition) is 1. The Labute approximate surface area is 85.5 Å². The molecule has 0 aliphatic heterocycles. The second-order valence-electron chi connectivity index (χ2n) is 4.32. The van der Waals surface area contributed by atoms with Crippen LogP contribution < -0.4 is 5.32 Å². The first-order valence-electron chi connectivity index (χ1n) is 5.47. The van der Waals surface area contributed by atoms with E-state index in [0.717, 1.165) is 0 Å². The fourth-order valence-corrected chi connectivity index (χ4v) is 2.32. The molecule has 1 unspecified atom stereocenters. The highest BCUT2D eigenvalue weighted by Gasteiger charge is 2.23. The lowest BCUT2D eigenvalue weighted by molar-refractivity contribution is 0.455. The summed E-state index contributed by atoms with van der Waals surface area (Å²) in [5, 5.41) is 7.83. The lowest BCUT2D eigenvalue weighted by Crippen LogP contribution is -2.22. The van der Waals surface area contributed by atoms with Gasteiger partial charge in [0, 0.05) is 23.3 Å². The van der Waals surface area contributed by atoms with Crippen molar-refractivity contribution in [3.8, 4) is 0 Å². The van der Waals surface area contributed by atoms with Crippen LogP contribution in [0.4, 0.5) is 0 Å². The van der Waals surface area contributed by atoms with Crippen LogP contribution in [0.15, 0.2) is 6.20 Å². The number of nitrogens with zero attached hydrogens (tertiary/aromatic N) is 2. The van der Waals surface area contributed by atoms with E-state index in [2.05, 4.69) is 28.9 Å². The summed E-state index contributed by atoms with van der Waals surface area (Å²) in [6, 6.07) is 1.00. The molecule has 14 heavy (non-hydrogen) atoms. The normalized spacial score (nSPS) is 21.3. The van der Waals surface area contributed by atoms with E-state index < -0.39 is 0 Å². The number of fused-ring (bicyclic) bond motifs is 1. The highest BCUT2D eigenvalue weighted by atomic mass is 15.3. The van der Waals surface area contributed by atoms with E-state index in [1.54, 1.807) is 0 Å². The van der Waals surface area contributed by atoms with Gasteiger partial charge in [0.15, 0.2) is 0 Å². The van der Waals surface area contributed by atoms with Crippen LogP contribution in [0.3, 0.4) is 0 Å². The fraction of sp³-hybridized carbons (Fsp3) is 0.727. The molecule has 0 aromatic carbocycles. The molecule has 3 heteroatoms. The highest BCUT2D eigenvalue weighted by Crippen LogP contribution is 2.30. The summed E-state index contributed by atoms with van der Waals surface area (Å²) < 4.78 is 2.17. The molecular weight excluding hydrogens is 174 g/mol. The second-order valence-corrected chi connectivity index (χ2v) is 4.32. The van der Waals surface area contributed by atoms with E-state index in [1.807, 2.05) is 13.2 Å². The number of aromatic nitrogens is 2. The molecule has 0 saturated carbocycles. The molecular formula is C11H19N3. The Bertz CT molecular complexity index is 314. The summed E-state index contributed by atoms with van der Waals surface area (Å²) in [5.41, 5.74) is 2.85. The van der Waals surface area contributed by atoms with Gasteiger partial charge in [-0.2, -0.15) is 5.10 Å². The molecule has 3 nitrogen and oxygen atoms in total. The van der Waals surface area contributed by atoms with Gasteiger partial charge in [-0.3, -0.25) is 4.68 Å². The predicted octanol–water partition coefficient (Wildman–Crippen LogP) is 2.06. The zero-order valence-electron chi connectivity index (χ0n) is 9.25. The highest BCUT2D eigenvalue weighted by molar-refractivity contribution is 5.25. The van der Waals surface area contributed by atoms with E-state index in [1.165, 1.54) is 30.5 Å². The maximum Gasteiger partial charge on any atom is 0.0540 e. The number of hydrogen-bond acceptors (Lipinski definition) is 2. The first-order valence-corrected chi connectivity index (χ1v) is 5.47. The Kier molecular flexibility index (Phi) is 2.59. The van der Waals surface area contributed by atoms with Crippen LogP contribution >= 0.6 is 0 Å². The fourth-order valence-electron chi connectivity index (χ4n) is 2.32. The average molecular weight is 193 g/mol. The zero-order chi connectivity index (χ0) is 10.1. The maximum atomic E-state index is 4.47. The summed E-state index contributed by atoms with van der Waals surface area (Å²) >= 11 is 0. The standard InChI is InChI=1S/C11H19N3/c1-8(2)14-11-6-4-5-10(12-3)9(11)7-13-14/h7-8,10,12H,4-6H2,1-3H3. The molecule has 0 fully saturated rings. The predicted molar refractivity (Wildman–Crippen MR) is 57.4 cm³/mol. The van der Waals surface area contributed by atoms with Crippen LogP contribution in [-0.2, 0) is 6.42 Å². The minimum Gasteiger partial charge on any atom is -0.313 e. The van der Waals surface area contributed by atoms with Crippen LogP contribution in [0, 0.1) is 0 Å². The smallest absolute Gasteiger partial charge is 0.0540 e. The van der Waals surface area contributed by atoms with Crippen molar-refractivity contribution in [3.05, 3.63) is 17.5 Å². The van der Waals surface area contributed by atoms with E-state index in [4.69, 9.17) is 0 Å². The van der Waals surface area contributed by atoms with Crippen molar-refractivity contribution in [3.63, 3.8) is 0 Å². The summed E-state index contributed by atoms with van der Waals surface area (Å²) in [6.07, 6.45) is 5.74. The molecule has 0 spiro atoms. The summed E-state index contributed by atoms with van der Waals surface area (Å²) in [4.78, 5) is 0. The molecule has 0 radical (unpaired) electrons. The molecule has 1 heterocycles. The molecule has 1 aliphatic carbocycles. The Morgan fingerprint density at radius 1 is 1.57 bits per heavy atom. The van der Waals surface area contributed by atoms with Crippen molar-refractivity contribution in [1.29, 1.82) is 0 Å². The van der Waals surface area contributed by atoms with Crippen LogP contribution in [0.25, 0.3) is 0 Å². The summed E-state index contributed by atoms with van der Waals surface area (Å²) in [7, 11) is 2.03. The molecule has 0 saturated heterocycles. The molecule has 1 aliphatic rings.